The number of rotatable bonds is 8. The SMILES string of the molecule is Cc1cccc(CN(C(=O)CC(C)C)C2CC(C(=O)N3CCNCC3)N(Cc3ccc4c(c3)OCCO4)C2)c1. The minimum Gasteiger partial charge on any atom is -0.486 e. The Bertz CT molecular complexity index is 1160. The van der Waals surface area contributed by atoms with E-state index in [0.29, 0.717) is 45.7 Å². The van der Waals surface area contributed by atoms with Crippen LogP contribution in [-0.2, 0) is 22.7 Å². The van der Waals surface area contributed by atoms with Crippen molar-refractivity contribution in [1.82, 2.24) is 20.0 Å². The van der Waals surface area contributed by atoms with Crippen LogP contribution in [-0.4, -0.2) is 84.5 Å². The second-order valence-corrected chi connectivity index (χ2v) is 11.5. The molecule has 5 rings (SSSR count). The van der Waals surface area contributed by atoms with Gasteiger partial charge >= 0.3 is 0 Å². The lowest BCUT2D eigenvalue weighted by atomic mass is 10.0. The molecule has 0 bridgehead atoms. The molecule has 2 aromatic carbocycles. The summed E-state index contributed by atoms with van der Waals surface area (Å²) < 4.78 is 11.5. The number of hydrogen-bond donors (Lipinski definition) is 1. The smallest absolute Gasteiger partial charge is 0.240 e. The Hall–Kier alpha value is -3.10. The number of piperazine rings is 1. The molecule has 3 aliphatic rings. The van der Waals surface area contributed by atoms with Gasteiger partial charge in [-0.1, -0.05) is 49.7 Å². The van der Waals surface area contributed by atoms with E-state index in [0.717, 1.165) is 48.8 Å². The van der Waals surface area contributed by atoms with Crippen molar-refractivity contribution >= 4 is 11.8 Å². The number of amides is 2. The summed E-state index contributed by atoms with van der Waals surface area (Å²) in [6.07, 6.45) is 1.14. The highest BCUT2D eigenvalue weighted by Gasteiger charge is 2.42. The number of hydrogen-bond acceptors (Lipinski definition) is 6. The molecule has 0 saturated carbocycles. The Labute approximate surface area is 232 Å². The van der Waals surface area contributed by atoms with Crippen molar-refractivity contribution in [1.29, 1.82) is 0 Å². The third-order valence-corrected chi connectivity index (χ3v) is 7.87. The summed E-state index contributed by atoms with van der Waals surface area (Å²) in [5.41, 5.74) is 3.39. The van der Waals surface area contributed by atoms with Gasteiger partial charge in [-0.25, -0.2) is 0 Å². The van der Waals surface area contributed by atoms with E-state index in [4.69, 9.17) is 9.47 Å². The van der Waals surface area contributed by atoms with Crippen LogP contribution >= 0.6 is 0 Å². The summed E-state index contributed by atoms with van der Waals surface area (Å²) in [4.78, 5) is 33.8. The number of aryl methyl sites for hydroxylation is 1. The van der Waals surface area contributed by atoms with Gasteiger partial charge in [0.1, 0.15) is 13.2 Å². The highest BCUT2D eigenvalue weighted by molar-refractivity contribution is 5.83. The fourth-order valence-corrected chi connectivity index (χ4v) is 5.95. The molecule has 8 nitrogen and oxygen atoms in total. The molecule has 2 unspecified atom stereocenters. The third-order valence-electron chi connectivity index (χ3n) is 7.87. The van der Waals surface area contributed by atoms with Crippen LogP contribution in [0, 0.1) is 12.8 Å². The number of benzene rings is 2. The van der Waals surface area contributed by atoms with Crippen molar-refractivity contribution in [3.05, 3.63) is 59.2 Å². The number of carbonyl (C=O) groups excluding carboxylic acids is 2. The van der Waals surface area contributed by atoms with Gasteiger partial charge in [0.05, 0.1) is 6.04 Å². The van der Waals surface area contributed by atoms with Crippen molar-refractivity contribution in [2.45, 2.75) is 58.8 Å². The van der Waals surface area contributed by atoms with Crippen molar-refractivity contribution in [2.24, 2.45) is 5.92 Å². The number of likely N-dealkylation sites (tertiary alicyclic amines) is 1. The Kier molecular flexibility index (Phi) is 8.72. The van der Waals surface area contributed by atoms with Crippen molar-refractivity contribution < 1.29 is 19.1 Å². The van der Waals surface area contributed by atoms with Crippen molar-refractivity contribution in [3.63, 3.8) is 0 Å². The third kappa shape index (κ3) is 6.73. The second kappa shape index (κ2) is 12.4. The predicted molar refractivity (Wildman–Crippen MR) is 151 cm³/mol. The summed E-state index contributed by atoms with van der Waals surface area (Å²) in [7, 11) is 0. The van der Waals surface area contributed by atoms with E-state index >= 15 is 0 Å². The van der Waals surface area contributed by atoms with E-state index in [1.54, 1.807) is 0 Å². The van der Waals surface area contributed by atoms with Crippen molar-refractivity contribution in [3.8, 4) is 11.5 Å². The van der Waals surface area contributed by atoms with Crippen LogP contribution in [0.25, 0.3) is 0 Å². The summed E-state index contributed by atoms with van der Waals surface area (Å²) in [5, 5.41) is 3.35. The summed E-state index contributed by atoms with van der Waals surface area (Å²) in [6.45, 7) is 12.3. The molecular weight excluding hydrogens is 492 g/mol. The van der Waals surface area contributed by atoms with E-state index in [2.05, 4.69) is 61.3 Å². The molecule has 0 radical (unpaired) electrons. The topological polar surface area (TPSA) is 74.4 Å². The van der Waals surface area contributed by atoms with E-state index in [9.17, 15) is 9.59 Å². The Balaban J connectivity index is 1.41. The minimum atomic E-state index is -0.270. The average molecular weight is 535 g/mol. The van der Waals surface area contributed by atoms with Crippen LogP contribution in [0.15, 0.2) is 42.5 Å². The molecule has 2 saturated heterocycles. The number of fused-ring (bicyclic) bond motifs is 1. The fraction of sp³-hybridized carbons (Fsp3) is 0.548. The lowest BCUT2D eigenvalue weighted by Crippen LogP contribution is -2.52. The predicted octanol–water partition coefficient (Wildman–Crippen LogP) is 3.22. The van der Waals surface area contributed by atoms with Gasteiger partial charge in [-0.3, -0.25) is 14.5 Å². The van der Waals surface area contributed by atoms with Crippen LogP contribution in [0.5, 0.6) is 11.5 Å². The van der Waals surface area contributed by atoms with E-state index < -0.39 is 0 Å². The van der Waals surface area contributed by atoms with Gasteiger partial charge in [-0.2, -0.15) is 0 Å². The maximum absolute atomic E-state index is 13.9. The first-order chi connectivity index (χ1) is 18.9. The highest BCUT2D eigenvalue weighted by atomic mass is 16.6. The van der Waals surface area contributed by atoms with E-state index in [-0.39, 0.29) is 29.8 Å². The monoisotopic (exact) mass is 534 g/mol. The quantitative estimate of drug-likeness (QED) is 0.561. The van der Waals surface area contributed by atoms with Crippen molar-refractivity contribution in [2.75, 3.05) is 45.9 Å². The Morgan fingerprint density at radius 3 is 2.54 bits per heavy atom. The van der Waals surface area contributed by atoms with Crippen LogP contribution < -0.4 is 14.8 Å². The van der Waals surface area contributed by atoms with Gasteiger partial charge in [0, 0.05) is 58.3 Å². The highest BCUT2D eigenvalue weighted by Crippen LogP contribution is 2.33. The molecule has 3 heterocycles. The molecule has 210 valence electrons. The van der Waals surface area contributed by atoms with Gasteiger partial charge in [0.15, 0.2) is 11.5 Å². The van der Waals surface area contributed by atoms with Gasteiger partial charge < -0.3 is 24.6 Å². The van der Waals surface area contributed by atoms with Crippen LogP contribution in [0.4, 0.5) is 0 Å². The molecule has 8 heteroatoms. The normalized spacial score (nSPS) is 21.3. The maximum atomic E-state index is 13.9. The molecule has 0 aromatic heterocycles. The zero-order valence-electron chi connectivity index (χ0n) is 23.5. The first-order valence-corrected chi connectivity index (χ1v) is 14.3. The zero-order valence-corrected chi connectivity index (χ0v) is 23.5. The number of nitrogens with one attached hydrogen (secondary N) is 1. The number of carbonyl (C=O) groups is 2. The van der Waals surface area contributed by atoms with Crippen LogP contribution in [0.1, 0.15) is 43.4 Å². The largest absolute Gasteiger partial charge is 0.486 e. The molecule has 3 aliphatic heterocycles. The van der Waals surface area contributed by atoms with Crippen LogP contribution in [0.2, 0.25) is 0 Å². The lowest BCUT2D eigenvalue weighted by molar-refractivity contribution is -0.137. The van der Waals surface area contributed by atoms with Gasteiger partial charge in [-0.15, -0.1) is 0 Å². The summed E-state index contributed by atoms with van der Waals surface area (Å²) in [5.74, 6) is 2.12. The Morgan fingerprint density at radius 2 is 1.79 bits per heavy atom. The van der Waals surface area contributed by atoms with E-state index in [1.807, 2.05) is 21.9 Å². The Morgan fingerprint density at radius 1 is 1.03 bits per heavy atom. The average Bonchev–Trinajstić information content (AvgIpc) is 3.34. The first-order valence-electron chi connectivity index (χ1n) is 14.3. The number of nitrogens with zero attached hydrogens (tertiary/aromatic N) is 3. The van der Waals surface area contributed by atoms with E-state index in [1.165, 1.54) is 5.56 Å². The molecule has 0 spiro atoms. The fourth-order valence-electron chi connectivity index (χ4n) is 5.95. The summed E-state index contributed by atoms with van der Waals surface area (Å²) >= 11 is 0. The number of ether oxygens (including phenoxy) is 2. The second-order valence-electron chi connectivity index (χ2n) is 11.5. The summed E-state index contributed by atoms with van der Waals surface area (Å²) in [6, 6.07) is 14.1. The molecular formula is C31H42N4O4. The van der Waals surface area contributed by atoms with Gasteiger partial charge in [-0.05, 0) is 42.5 Å². The van der Waals surface area contributed by atoms with Gasteiger partial charge in [0.25, 0.3) is 0 Å². The zero-order chi connectivity index (χ0) is 27.4. The maximum Gasteiger partial charge on any atom is 0.240 e. The van der Waals surface area contributed by atoms with Crippen LogP contribution in [0.3, 0.4) is 0 Å². The van der Waals surface area contributed by atoms with Gasteiger partial charge in [0.2, 0.25) is 11.8 Å². The molecule has 2 amide bonds. The molecule has 1 N–H and O–H groups in total. The molecule has 2 fully saturated rings. The standard InChI is InChI=1S/C31H42N4O4/c1-22(2)15-30(36)35(20-24-6-4-5-23(3)16-24)26-18-27(31(37)33-11-9-32-10-12-33)34(21-26)19-25-7-8-28-29(17-25)39-14-13-38-28/h4-8,16-17,22,26-27,32H,9-15,18-21H2,1-3H3. The first kappa shape index (κ1) is 27.5. The molecule has 2 atom stereocenters. The molecule has 2 aromatic rings. The molecule has 0 aliphatic carbocycles. The molecule has 39 heavy (non-hydrogen) atoms. The lowest BCUT2D eigenvalue weighted by Gasteiger charge is -2.33. The minimum absolute atomic E-state index is 0.0363.